The maximum absolute atomic E-state index is 13.8. The first-order chi connectivity index (χ1) is 9.63. The van der Waals surface area contributed by atoms with Gasteiger partial charge in [-0.2, -0.15) is 0 Å². The van der Waals surface area contributed by atoms with Crippen molar-refractivity contribution in [2.24, 2.45) is 0 Å². The number of hydrogen-bond donors (Lipinski definition) is 1. The molecule has 2 aromatic rings. The van der Waals surface area contributed by atoms with Crippen LogP contribution < -0.4 is 10.1 Å². The third kappa shape index (κ3) is 3.23. The van der Waals surface area contributed by atoms with Gasteiger partial charge in [0.05, 0.1) is 23.4 Å². The second-order valence-electron chi connectivity index (χ2n) is 4.43. The molecule has 0 bridgehead atoms. The van der Waals surface area contributed by atoms with Crippen LogP contribution in [-0.2, 0) is 0 Å². The van der Waals surface area contributed by atoms with E-state index < -0.39 is 0 Å². The molecule has 2 aromatic carbocycles. The summed E-state index contributed by atoms with van der Waals surface area (Å²) in [7, 11) is 0. The molecule has 1 N–H and O–H groups in total. The van der Waals surface area contributed by atoms with E-state index in [1.54, 1.807) is 12.1 Å². The van der Waals surface area contributed by atoms with Crippen molar-refractivity contribution in [1.29, 1.82) is 0 Å². The highest BCUT2D eigenvalue weighted by atomic mass is 35.5. The van der Waals surface area contributed by atoms with Gasteiger partial charge in [0.2, 0.25) is 0 Å². The van der Waals surface area contributed by atoms with Crippen LogP contribution in [-0.4, -0.2) is 6.61 Å². The maximum Gasteiger partial charge on any atom is 0.147 e. The van der Waals surface area contributed by atoms with Crippen molar-refractivity contribution in [3.63, 3.8) is 0 Å². The molecule has 0 aliphatic rings. The molecule has 0 aliphatic carbocycles. The van der Waals surface area contributed by atoms with Crippen LogP contribution in [0.5, 0.6) is 5.75 Å². The topological polar surface area (TPSA) is 21.3 Å². The van der Waals surface area contributed by atoms with Crippen molar-refractivity contribution in [3.05, 3.63) is 58.9 Å². The summed E-state index contributed by atoms with van der Waals surface area (Å²) in [6.07, 6.45) is 0. The smallest absolute Gasteiger partial charge is 0.147 e. The summed E-state index contributed by atoms with van der Waals surface area (Å²) in [4.78, 5) is 0. The second-order valence-corrected chi connectivity index (χ2v) is 4.84. The molecule has 0 aromatic heterocycles. The van der Waals surface area contributed by atoms with E-state index in [0.29, 0.717) is 17.3 Å². The van der Waals surface area contributed by atoms with E-state index in [9.17, 15) is 4.39 Å². The van der Waals surface area contributed by atoms with Gasteiger partial charge < -0.3 is 10.1 Å². The number of halogens is 2. The first kappa shape index (κ1) is 14.7. The van der Waals surface area contributed by atoms with Gasteiger partial charge in [-0.15, -0.1) is 0 Å². The van der Waals surface area contributed by atoms with Crippen molar-refractivity contribution in [1.82, 2.24) is 0 Å². The monoisotopic (exact) mass is 293 g/mol. The molecule has 0 heterocycles. The lowest BCUT2D eigenvalue weighted by atomic mass is 10.1. The molecule has 0 saturated carbocycles. The van der Waals surface area contributed by atoms with Crippen molar-refractivity contribution in [2.45, 2.75) is 19.9 Å². The van der Waals surface area contributed by atoms with E-state index in [4.69, 9.17) is 16.3 Å². The lowest BCUT2D eigenvalue weighted by Gasteiger charge is -2.20. The van der Waals surface area contributed by atoms with Gasteiger partial charge in [-0.05, 0) is 32.0 Å². The molecule has 4 heteroatoms. The summed E-state index contributed by atoms with van der Waals surface area (Å²) in [5, 5.41) is 3.47. The Hall–Kier alpha value is -1.74. The summed E-state index contributed by atoms with van der Waals surface area (Å²) in [6, 6.07) is 12.2. The molecule has 0 fully saturated rings. The van der Waals surface area contributed by atoms with Gasteiger partial charge in [-0.3, -0.25) is 0 Å². The van der Waals surface area contributed by atoms with E-state index in [1.807, 2.05) is 38.1 Å². The first-order valence-corrected chi connectivity index (χ1v) is 6.93. The van der Waals surface area contributed by atoms with Crippen LogP contribution in [0.4, 0.5) is 10.1 Å². The highest BCUT2D eigenvalue weighted by molar-refractivity contribution is 6.33. The number of rotatable bonds is 5. The number of nitrogens with one attached hydrogen (secondary N) is 1. The molecule has 1 atom stereocenters. The fourth-order valence-corrected chi connectivity index (χ4v) is 2.27. The molecule has 106 valence electrons. The normalized spacial score (nSPS) is 12.0. The first-order valence-electron chi connectivity index (χ1n) is 6.55. The van der Waals surface area contributed by atoms with Crippen molar-refractivity contribution in [3.8, 4) is 5.75 Å². The summed E-state index contributed by atoms with van der Waals surface area (Å²) >= 11 is 6.03. The number of ether oxygens (including phenoxy) is 1. The Morgan fingerprint density at radius 1 is 1.20 bits per heavy atom. The summed E-state index contributed by atoms with van der Waals surface area (Å²) in [5.41, 5.74) is 1.28. The van der Waals surface area contributed by atoms with Crippen molar-refractivity contribution < 1.29 is 9.13 Å². The SMILES string of the molecule is CCOc1ccccc1C(C)Nc1c(F)cccc1Cl. The zero-order valence-corrected chi connectivity index (χ0v) is 12.2. The minimum absolute atomic E-state index is 0.118. The standard InChI is InChI=1S/C16H17ClFNO/c1-3-20-15-10-5-4-7-12(15)11(2)19-16-13(17)8-6-9-14(16)18/h4-11,19H,3H2,1-2H3. The quantitative estimate of drug-likeness (QED) is 0.833. The van der Waals surface area contributed by atoms with Crippen molar-refractivity contribution >= 4 is 17.3 Å². The van der Waals surface area contributed by atoms with Crippen LogP contribution in [0.3, 0.4) is 0 Å². The maximum atomic E-state index is 13.8. The van der Waals surface area contributed by atoms with Crippen LogP contribution in [0.1, 0.15) is 25.5 Å². The molecule has 2 rings (SSSR count). The Balaban J connectivity index is 2.26. The fourth-order valence-electron chi connectivity index (χ4n) is 2.06. The number of para-hydroxylation sites is 2. The van der Waals surface area contributed by atoms with E-state index in [2.05, 4.69) is 5.32 Å². The average molecular weight is 294 g/mol. The lowest BCUT2D eigenvalue weighted by Crippen LogP contribution is -2.10. The fraction of sp³-hybridized carbons (Fsp3) is 0.250. The predicted octanol–water partition coefficient (Wildman–Crippen LogP) is 5.05. The summed E-state index contributed by atoms with van der Waals surface area (Å²) < 4.78 is 19.4. The number of hydrogen-bond acceptors (Lipinski definition) is 2. The van der Waals surface area contributed by atoms with Crippen molar-refractivity contribution in [2.75, 3.05) is 11.9 Å². The van der Waals surface area contributed by atoms with E-state index in [1.165, 1.54) is 6.07 Å². The van der Waals surface area contributed by atoms with Crippen LogP contribution >= 0.6 is 11.6 Å². The lowest BCUT2D eigenvalue weighted by molar-refractivity contribution is 0.335. The Kier molecular flexibility index (Phi) is 4.85. The number of benzene rings is 2. The molecule has 0 amide bonds. The third-order valence-electron chi connectivity index (χ3n) is 3.01. The molecule has 0 radical (unpaired) electrons. The molecule has 0 aliphatic heterocycles. The molecular formula is C16H17ClFNO. The van der Waals surface area contributed by atoms with Crippen LogP contribution in [0.2, 0.25) is 5.02 Å². The van der Waals surface area contributed by atoms with Gasteiger partial charge >= 0.3 is 0 Å². The van der Waals surface area contributed by atoms with Gasteiger partial charge in [-0.1, -0.05) is 35.9 Å². The highest BCUT2D eigenvalue weighted by Gasteiger charge is 2.14. The zero-order valence-electron chi connectivity index (χ0n) is 11.5. The predicted molar refractivity (Wildman–Crippen MR) is 81.1 cm³/mol. The van der Waals surface area contributed by atoms with E-state index >= 15 is 0 Å². The van der Waals surface area contributed by atoms with Gasteiger partial charge in [0.1, 0.15) is 11.6 Å². The molecule has 0 saturated heterocycles. The van der Waals surface area contributed by atoms with Crippen LogP contribution in [0.25, 0.3) is 0 Å². The Bertz CT molecular complexity index is 568. The Morgan fingerprint density at radius 2 is 1.95 bits per heavy atom. The molecule has 1 unspecified atom stereocenters. The van der Waals surface area contributed by atoms with Gasteiger partial charge in [-0.25, -0.2) is 4.39 Å². The minimum Gasteiger partial charge on any atom is -0.494 e. The van der Waals surface area contributed by atoms with Crippen LogP contribution in [0.15, 0.2) is 42.5 Å². The minimum atomic E-state index is -0.363. The van der Waals surface area contributed by atoms with E-state index in [-0.39, 0.29) is 11.9 Å². The second kappa shape index (κ2) is 6.62. The number of anilines is 1. The van der Waals surface area contributed by atoms with Gasteiger partial charge in [0.25, 0.3) is 0 Å². The molecule has 20 heavy (non-hydrogen) atoms. The molecular weight excluding hydrogens is 277 g/mol. The summed E-state index contributed by atoms with van der Waals surface area (Å²) in [5.74, 6) is 0.431. The third-order valence-corrected chi connectivity index (χ3v) is 3.32. The Labute approximate surface area is 123 Å². The average Bonchev–Trinajstić information content (AvgIpc) is 2.44. The van der Waals surface area contributed by atoms with Gasteiger partial charge in [0.15, 0.2) is 0 Å². The molecule has 0 spiro atoms. The Morgan fingerprint density at radius 3 is 2.65 bits per heavy atom. The van der Waals surface area contributed by atoms with E-state index in [0.717, 1.165) is 11.3 Å². The van der Waals surface area contributed by atoms with Gasteiger partial charge in [0, 0.05) is 5.56 Å². The molecule has 2 nitrogen and oxygen atoms in total. The summed E-state index contributed by atoms with van der Waals surface area (Å²) in [6.45, 7) is 4.47. The largest absolute Gasteiger partial charge is 0.494 e. The van der Waals surface area contributed by atoms with Crippen LogP contribution in [0, 0.1) is 5.82 Å². The zero-order chi connectivity index (χ0) is 14.5. The highest BCUT2D eigenvalue weighted by Crippen LogP contribution is 2.32.